The molecule has 0 spiro atoms. The first kappa shape index (κ1) is 50.1. The standard InChI is InChI=1S/C16H28.C13H20.2C3H8.2C2H6/c1-7-9-10-11-12-15(5)16(6,13-8-2)14(3)4;1-5-8-9-10-13(7-3)11-12(4)6-2;2*1-3-2;2*1-2/h7,9-12,14H,8,13H2,1-6H3;5,9-11H,1,4,6-8H2,2-3H3;2*3H2,1-2H3;2*1-2H3/b9-7-,11-10-,15-12+;10-9-,13-11-;;;;. The lowest BCUT2D eigenvalue weighted by molar-refractivity contribution is 0.252. The molecular formula is C39H76. The van der Waals surface area contributed by atoms with Crippen molar-refractivity contribution >= 4 is 0 Å². The zero-order valence-corrected chi connectivity index (χ0v) is 30.1. The van der Waals surface area contributed by atoms with Crippen molar-refractivity contribution in [2.75, 3.05) is 0 Å². The molecule has 0 rings (SSSR count). The monoisotopic (exact) mass is 545 g/mol. The van der Waals surface area contributed by atoms with E-state index in [1.54, 1.807) is 0 Å². The lowest BCUT2D eigenvalue weighted by Gasteiger charge is -2.35. The summed E-state index contributed by atoms with van der Waals surface area (Å²) in [6.07, 6.45) is 27.0. The second-order valence-electron chi connectivity index (χ2n) is 9.51. The SMILES string of the molecule is C=CC/C=C\C(=C/C(=C)CC)CC.CC.CC.CCC.CCC.C\C=C/C=C\C=C(/C)C(C)(CCC)C(C)C. The van der Waals surface area contributed by atoms with Crippen LogP contribution in [-0.2, 0) is 0 Å². The quantitative estimate of drug-likeness (QED) is 0.169. The van der Waals surface area contributed by atoms with Gasteiger partial charge in [-0.25, -0.2) is 0 Å². The number of allylic oxidation sites excluding steroid dienone is 12. The third-order valence-electron chi connectivity index (χ3n) is 5.59. The fraction of sp³-hybridized carbons (Fsp3) is 0.641. The molecule has 0 saturated heterocycles. The van der Waals surface area contributed by atoms with Gasteiger partial charge in [0, 0.05) is 0 Å². The molecule has 0 aliphatic heterocycles. The van der Waals surface area contributed by atoms with Crippen LogP contribution in [0.2, 0.25) is 0 Å². The Kier molecular flexibility index (Phi) is 55.5. The fourth-order valence-corrected chi connectivity index (χ4v) is 2.97. The maximum absolute atomic E-state index is 3.96. The van der Waals surface area contributed by atoms with E-state index in [-0.39, 0.29) is 0 Å². The largest absolute Gasteiger partial charge is 0.103 e. The average molecular weight is 545 g/mol. The molecule has 0 saturated carbocycles. The van der Waals surface area contributed by atoms with E-state index in [9.17, 15) is 0 Å². The van der Waals surface area contributed by atoms with Crippen molar-refractivity contribution in [1.82, 2.24) is 0 Å². The molecule has 0 aromatic heterocycles. The van der Waals surface area contributed by atoms with Gasteiger partial charge in [0.05, 0.1) is 0 Å². The van der Waals surface area contributed by atoms with Crippen molar-refractivity contribution in [2.45, 2.75) is 156 Å². The average Bonchev–Trinajstić information content (AvgIpc) is 2.93. The van der Waals surface area contributed by atoms with Gasteiger partial charge in [-0.05, 0) is 56.4 Å². The highest BCUT2D eigenvalue weighted by Crippen LogP contribution is 2.39. The summed E-state index contributed by atoms with van der Waals surface area (Å²) in [5.41, 5.74) is 4.37. The van der Waals surface area contributed by atoms with Gasteiger partial charge in [0.25, 0.3) is 0 Å². The molecule has 0 fully saturated rings. The molecule has 1 atom stereocenters. The molecule has 0 radical (unpaired) electrons. The molecule has 0 heteroatoms. The lowest BCUT2D eigenvalue weighted by atomic mass is 9.70. The first-order chi connectivity index (χ1) is 18.6. The summed E-state index contributed by atoms with van der Waals surface area (Å²) in [7, 11) is 0. The minimum Gasteiger partial charge on any atom is -0.103 e. The van der Waals surface area contributed by atoms with Gasteiger partial charge in [0.15, 0.2) is 0 Å². The maximum Gasteiger partial charge on any atom is -0.00931 e. The molecule has 0 heterocycles. The highest BCUT2D eigenvalue weighted by Gasteiger charge is 2.28. The van der Waals surface area contributed by atoms with Crippen molar-refractivity contribution in [2.24, 2.45) is 11.3 Å². The van der Waals surface area contributed by atoms with Crippen molar-refractivity contribution in [1.29, 1.82) is 0 Å². The van der Waals surface area contributed by atoms with E-state index >= 15 is 0 Å². The van der Waals surface area contributed by atoms with Crippen LogP contribution in [0.5, 0.6) is 0 Å². The molecule has 0 N–H and O–H groups in total. The Balaban J connectivity index is -0.000000106. The van der Waals surface area contributed by atoms with Crippen LogP contribution in [0.25, 0.3) is 0 Å². The number of hydrogen-bond donors (Lipinski definition) is 0. The van der Waals surface area contributed by atoms with Crippen molar-refractivity contribution < 1.29 is 0 Å². The minimum absolute atomic E-state index is 0.342. The first-order valence-electron chi connectivity index (χ1n) is 16.2. The van der Waals surface area contributed by atoms with E-state index in [0.29, 0.717) is 11.3 Å². The molecule has 232 valence electrons. The summed E-state index contributed by atoms with van der Waals surface area (Å²) >= 11 is 0. The Hall–Kier alpha value is -1.82. The van der Waals surface area contributed by atoms with Crippen LogP contribution in [0.15, 0.2) is 84.6 Å². The summed E-state index contributed by atoms with van der Waals surface area (Å²) in [4.78, 5) is 0. The summed E-state index contributed by atoms with van der Waals surface area (Å²) < 4.78 is 0. The van der Waals surface area contributed by atoms with Crippen molar-refractivity contribution in [3.05, 3.63) is 84.6 Å². The molecule has 0 amide bonds. The summed E-state index contributed by atoms with van der Waals surface area (Å²) in [6.45, 7) is 42.0. The van der Waals surface area contributed by atoms with Crippen LogP contribution in [0.3, 0.4) is 0 Å². The molecule has 0 aliphatic carbocycles. The van der Waals surface area contributed by atoms with E-state index in [1.807, 2.05) is 46.8 Å². The zero-order valence-electron chi connectivity index (χ0n) is 30.1. The topological polar surface area (TPSA) is 0 Å². The number of rotatable bonds is 12. The molecule has 1 unspecified atom stereocenters. The summed E-state index contributed by atoms with van der Waals surface area (Å²) in [5.74, 6) is 0.693. The van der Waals surface area contributed by atoms with Gasteiger partial charge in [0.2, 0.25) is 0 Å². The molecule has 0 bridgehead atoms. The maximum atomic E-state index is 3.96. The molecular weight excluding hydrogens is 468 g/mol. The van der Waals surface area contributed by atoms with Gasteiger partial charge in [-0.15, -0.1) is 6.58 Å². The van der Waals surface area contributed by atoms with Crippen LogP contribution in [0.1, 0.15) is 156 Å². The highest BCUT2D eigenvalue weighted by molar-refractivity contribution is 5.28. The third kappa shape index (κ3) is 38.4. The van der Waals surface area contributed by atoms with Crippen LogP contribution >= 0.6 is 0 Å². The van der Waals surface area contributed by atoms with Crippen LogP contribution in [0, 0.1) is 11.3 Å². The van der Waals surface area contributed by atoms with E-state index < -0.39 is 0 Å². The van der Waals surface area contributed by atoms with Crippen molar-refractivity contribution in [3.63, 3.8) is 0 Å². The zero-order chi connectivity index (χ0) is 32.1. The minimum atomic E-state index is 0.342. The van der Waals surface area contributed by atoms with Crippen molar-refractivity contribution in [3.8, 4) is 0 Å². The predicted molar refractivity (Wildman–Crippen MR) is 192 cm³/mol. The Labute approximate surface area is 251 Å². The highest BCUT2D eigenvalue weighted by atomic mass is 14.3. The summed E-state index contributed by atoms with van der Waals surface area (Å²) in [5, 5.41) is 0. The smallest absolute Gasteiger partial charge is 0.00931 e. The van der Waals surface area contributed by atoms with Gasteiger partial charge in [0.1, 0.15) is 0 Å². The normalized spacial score (nSPS) is 12.4. The number of hydrogen-bond acceptors (Lipinski definition) is 0. The van der Waals surface area contributed by atoms with E-state index in [2.05, 4.69) is 132 Å². The predicted octanol–water partition coefficient (Wildman–Crippen LogP) is 14.8. The van der Waals surface area contributed by atoms with Gasteiger partial charge < -0.3 is 0 Å². The van der Waals surface area contributed by atoms with E-state index in [0.717, 1.165) is 19.3 Å². The third-order valence-corrected chi connectivity index (χ3v) is 5.59. The van der Waals surface area contributed by atoms with Gasteiger partial charge in [-0.1, -0.05) is 189 Å². The van der Waals surface area contributed by atoms with Gasteiger partial charge >= 0.3 is 0 Å². The molecule has 0 nitrogen and oxygen atoms in total. The second kappa shape index (κ2) is 43.2. The van der Waals surface area contributed by atoms with Gasteiger partial charge in [-0.3, -0.25) is 0 Å². The molecule has 0 aliphatic rings. The summed E-state index contributed by atoms with van der Waals surface area (Å²) in [6, 6.07) is 0. The Morgan fingerprint density at radius 2 is 1.31 bits per heavy atom. The van der Waals surface area contributed by atoms with Gasteiger partial charge in [-0.2, -0.15) is 0 Å². The van der Waals surface area contributed by atoms with Crippen LogP contribution < -0.4 is 0 Å². The Morgan fingerprint density at radius 3 is 1.64 bits per heavy atom. The molecule has 0 aromatic carbocycles. The van der Waals surface area contributed by atoms with Crippen LogP contribution in [0.4, 0.5) is 0 Å². The first-order valence-corrected chi connectivity index (χ1v) is 16.2. The van der Waals surface area contributed by atoms with Crippen LogP contribution in [-0.4, -0.2) is 0 Å². The second-order valence-corrected chi connectivity index (χ2v) is 9.51. The fourth-order valence-electron chi connectivity index (χ4n) is 2.97. The lowest BCUT2D eigenvalue weighted by Crippen LogP contribution is -2.24. The Bertz CT molecular complexity index is 616. The van der Waals surface area contributed by atoms with E-state index in [1.165, 1.54) is 42.4 Å². The molecule has 0 aromatic rings. The van der Waals surface area contributed by atoms with E-state index in [4.69, 9.17) is 0 Å². The Morgan fingerprint density at radius 1 is 0.821 bits per heavy atom. The molecule has 39 heavy (non-hydrogen) atoms.